The van der Waals surface area contributed by atoms with E-state index in [1.807, 2.05) is 0 Å². The molecule has 86 valence electrons. The summed E-state index contributed by atoms with van der Waals surface area (Å²) in [6.45, 7) is 0. The van der Waals surface area contributed by atoms with E-state index < -0.39 is 4.92 Å². The maximum atomic E-state index is 10.6. The smallest absolute Gasteiger partial charge is 0.305 e. The van der Waals surface area contributed by atoms with Gasteiger partial charge in [0.05, 0.1) is 4.92 Å². The third kappa shape index (κ3) is 2.39. The van der Waals surface area contributed by atoms with Crippen molar-refractivity contribution in [2.75, 3.05) is 5.32 Å². The lowest BCUT2D eigenvalue weighted by atomic mass is 10.2. The molecule has 0 saturated heterocycles. The molecular formula is C11H10N4O2. The van der Waals surface area contributed by atoms with E-state index in [1.165, 1.54) is 12.1 Å². The van der Waals surface area contributed by atoms with Crippen LogP contribution in [-0.4, -0.2) is 15.9 Å². The minimum atomic E-state index is -0.605. The number of anilines is 1. The Hall–Kier alpha value is -2.42. The molecule has 0 bridgehead atoms. The van der Waals surface area contributed by atoms with E-state index in [-0.39, 0.29) is 17.4 Å². The monoisotopic (exact) mass is 230 g/mol. The number of nitrogens with zero attached hydrogens (tertiary/aromatic N) is 3. The Labute approximate surface area is 97.7 Å². The lowest BCUT2D eigenvalue weighted by Crippen LogP contribution is -2.16. The maximum Gasteiger partial charge on any atom is 0.305 e. The Bertz CT molecular complexity index is 511. The van der Waals surface area contributed by atoms with E-state index in [0.29, 0.717) is 5.82 Å². The van der Waals surface area contributed by atoms with Gasteiger partial charge in [0.15, 0.2) is 0 Å². The fourth-order valence-corrected chi connectivity index (χ4v) is 1.71. The molecule has 0 aliphatic heterocycles. The van der Waals surface area contributed by atoms with Crippen LogP contribution in [0.25, 0.3) is 0 Å². The quantitative estimate of drug-likeness (QED) is 0.487. The van der Waals surface area contributed by atoms with Gasteiger partial charge in [-0.25, -0.2) is 4.98 Å². The van der Waals surface area contributed by atoms with Crippen molar-refractivity contribution in [3.05, 3.63) is 40.1 Å². The molecule has 0 aromatic carbocycles. The molecule has 2 rings (SSSR count). The molecule has 0 radical (unpaired) electrons. The van der Waals surface area contributed by atoms with Crippen molar-refractivity contribution >= 4 is 11.5 Å². The first-order valence-corrected chi connectivity index (χ1v) is 5.18. The van der Waals surface area contributed by atoms with Gasteiger partial charge < -0.3 is 5.32 Å². The summed E-state index contributed by atoms with van der Waals surface area (Å²) < 4.78 is 0. The molecule has 0 unspecified atom stereocenters. The highest BCUT2D eigenvalue weighted by Gasteiger charge is 2.17. The van der Waals surface area contributed by atoms with Gasteiger partial charge in [-0.05, 0) is 18.9 Å². The third-order valence-corrected chi connectivity index (χ3v) is 2.54. The Kier molecular flexibility index (Phi) is 3.01. The molecule has 1 aliphatic rings. The van der Waals surface area contributed by atoms with E-state index in [2.05, 4.69) is 22.5 Å². The van der Waals surface area contributed by atoms with Crippen molar-refractivity contribution in [2.24, 2.45) is 0 Å². The van der Waals surface area contributed by atoms with E-state index in [1.54, 1.807) is 6.07 Å². The molecular weight excluding hydrogens is 220 g/mol. The normalized spacial score (nSPS) is 14.5. The average molecular weight is 230 g/mol. The SMILES string of the molecule is N#Cc1nc(NC2CC=CC2)ccc1[N+](=O)[O-]. The van der Waals surface area contributed by atoms with E-state index in [4.69, 9.17) is 5.26 Å². The van der Waals surface area contributed by atoms with Crippen LogP contribution in [0.3, 0.4) is 0 Å². The topological polar surface area (TPSA) is 91.8 Å². The average Bonchev–Trinajstić information content (AvgIpc) is 2.81. The lowest BCUT2D eigenvalue weighted by Gasteiger charge is -2.12. The van der Waals surface area contributed by atoms with Crippen LogP contribution < -0.4 is 5.32 Å². The molecule has 6 heteroatoms. The standard InChI is InChI=1S/C11H10N4O2/c12-7-9-10(15(16)17)5-6-11(14-9)13-8-3-1-2-4-8/h1-2,5-6,8H,3-4H2,(H,13,14). The van der Waals surface area contributed by atoms with E-state index in [9.17, 15) is 10.1 Å². The van der Waals surface area contributed by atoms with Crippen LogP contribution >= 0.6 is 0 Å². The summed E-state index contributed by atoms with van der Waals surface area (Å²) >= 11 is 0. The Morgan fingerprint density at radius 3 is 2.76 bits per heavy atom. The fourth-order valence-electron chi connectivity index (χ4n) is 1.71. The molecule has 6 nitrogen and oxygen atoms in total. The summed E-state index contributed by atoms with van der Waals surface area (Å²) in [5.41, 5.74) is -0.423. The van der Waals surface area contributed by atoms with Crippen molar-refractivity contribution in [3.8, 4) is 6.07 Å². The molecule has 1 aromatic rings. The van der Waals surface area contributed by atoms with Gasteiger partial charge in [0.2, 0.25) is 5.69 Å². The maximum absolute atomic E-state index is 10.6. The van der Waals surface area contributed by atoms with Gasteiger partial charge in [-0.3, -0.25) is 10.1 Å². The predicted octanol–water partition coefficient (Wildman–Crippen LogP) is 1.99. The first kappa shape index (κ1) is 11.1. The van der Waals surface area contributed by atoms with Gasteiger partial charge in [-0.2, -0.15) is 5.26 Å². The van der Waals surface area contributed by atoms with E-state index >= 15 is 0 Å². The van der Waals surface area contributed by atoms with Crippen LogP contribution in [0.15, 0.2) is 24.3 Å². The molecule has 0 atom stereocenters. The van der Waals surface area contributed by atoms with Crippen molar-refractivity contribution in [3.63, 3.8) is 0 Å². The van der Waals surface area contributed by atoms with Gasteiger partial charge in [-0.15, -0.1) is 0 Å². The second-order valence-electron chi connectivity index (χ2n) is 3.72. The summed E-state index contributed by atoms with van der Waals surface area (Å²) in [5.74, 6) is 0.501. The number of nitro groups is 1. The van der Waals surface area contributed by atoms with Crippen LogP contribution in [0, 0.1) is 21.4 Å². The van der Waals surface area contributed by atoms with E-state index in [0.717, 1.165) is 12.8 Å². The van der Waals surface area contributed by atoms with Gasteiger partial charge in [-0.1, -0.05) is 12.2 Å². The molecule has 0 amide bonds. The number of rotatable bonds is 3. The molecule has 17 heavy (non-hydrogen) atoms. The minimum absolute atomic E-state index is 0.161. The molecule has 1 aromatic heterocycles. The number of hydrogen-bond donors (Lipinski definition) is 1. The highest BCUT2D eigenvalue weighted by atomic mass is 16.6. The molecule has 0 saturated carbocycles. The predicted molar refractivity (Wildman–Crippen MR) is 61.4 cm³/mol. The van der Waals surface area contributed by atoms with Crippen molar-refractivity contribution in [2.45, 2.75) is 18.9 Å². The zero-order chi connectivity index (χ0) is 12.3. The van der Waals surface area contributed by atoms with Crippen LogP contribution in [0.1, 0.15) is 18.5 Å². The van der Waals surface area contributed by atoms with Crippen LogP contribution in [0.2, 0.25) is 0 Å². The molecule has 1 heterocycles. The number of nitriles is 1. The van der Waals surface area contributed by atoms with Crippen molar-refractivity contribution < 1.29 is 4.92 Å². The second-order valence-corrected chi connectivity index (χ2v) is 3.72. The highest BCUT2D eigenvalue weighted by Crippen LogP contribution is 2.20. The fraction of sp³-hybridized carbons (Fsp3) is 0.273. The van der Waals surface area contributed by atoms with Crippen molar-refractivity contribution in [1.82, 2.24) is 4.98 Å². The van der Waals surface area contributed by atoms with Crippen LogP contribution in [-0.2, 0) is 0 Å². The zero-order valence-corrected chi connectivity index (χ0v) is 8.96. The summed E-state index contributed by atoms with van der Waals surface area (Å²) in [5, 5.41) is 22.6. The zero-order valence-electron chi connectivity index (χ0n) is 8.96. The van der Waals surface area contributed by atoms with Gasteiger partial charge in [0.25, 0.3) is 0 Å². The molecule has 1 N–H and O–H groups in total. The number of pyridine rings is 1. The van der Waals surface area contributed by atoms with Gasteiger partial charge >= 0.3 is 5.69 Å². The largest absolute Gasteiger partial charge is 0.367 e. The Morgan fingerprint density at radius 2 is 2.18 bits per heavy atom. The molecule has 1 aliphatic carbocycles. The first-order valence-electron chi connectivity index (χ1n) is 5.18. The number of hydrogen-bond acceptors (Lipinski definition) is 5. The Morgan fingerprint density at radius 1 is 1.47 bits per heavy atom. The highest BCUT2D eigenvalue weighted by molar-refractivity contribution is 5.50. The Balaban J connectivity index is 2.20. The lowest BCUT2D eigenvalue weighted by molar-refractivity contribution is -0.385. The minimum Gasteiger partial charge on any atom is -0.367 e. The summed E-state index contributed by atoms with van der Waals surface area (Å²) in [6, 6.07) is 4.82. The van der Waals surface area contributed by atoms with Gasteiger partial charge in [0, 0.05) is 12.1 Å². The summed E-state index contributed by atoms with van der Waals surface area (Å²) in [6.07, 6.45) is 5.93. The molecule has 0 spiro atoms. The van der Waals surface area contributed by atoms with Crippen LogP contribution in [0.4, 0.5) is 11.5 Å². The number of nitrogens with one attached hydrogen (secondary N) is 1. The summed E-state index contributed by atoms with van der Waals surface area (Å²) in [7, 11) is 0. The first-order chi connectivity index (χ1) is 8.20. The third-order valence-electron chi connectivity index (χ3n) is 2.54. The van der Waals surface area contributed by atoms with Crippen molar-refractivity contribution in [1.29, 1.82) is 5.26 Å². The van der Waals surface area contributed by atoms with Gasteiger partial charge in [0.1, 0.15) is 11.9 Å². The number of aromatic nitrogens is 1. The summed E-state index contributed by atoms with van der Waals surface area (Å²) in [4.78, 5) is 14.0. The van der Waals surface area contributed by atoms with Crippen LogP contribution in [0.5, 0.6) is 0 Å². The molecule has 0 fully saturated rings. The second kappa shape index (κ2) is 4.61.